The molecule has 124 valence electrons. The molecule has 1 aliphatic rings. The fourth-order valence-corrected chi connectivity index (χ4v) is 2.14. The summed E-state index contributed by atoms with van der Waals surface area (Å²) in [4.78, 5) is 49.8. The van der Waals surface area contributed by atoms with Gasteiger partial charge in [0.05, 0.1) is 0 Å². The Kier molecular flexibility index (Phi) is 4.50. The first kappa shape index (κ1) is 16.7. The zero-order chi connectivity index (χ0) is 17.2. The number of aliphatic hydroxyl groups is 1. The van der Waals surface area contributed by atoms with E-state index in [9.17, 15) is 24.3 Å². The van der Waals surface area contributed by atoms with Gasteiger partial charge in [-0.2, -0.15) is 0 Å². The molecule has 1 atom stereocenters. The largest absolute Gasteiger partial charge is 0.385 e. The van der Waals surface area contributed by atoms with Gasteiger partial charge in [-0.25, -0.2) is 4.79 Å². The minimum absolute atomic E-state index is 0.161. The van der Waals surface area contributed by atoms with E-state index in [1.807, 2.05) is 0 Å². The van der Waals surface area contributed by atoms with Crippen LogP contribution >= 0.6 is 0 Å². The highest BCUT2D eigenvalue weighted by Gasteiger charge is 2.44. The first-order valence-electron chi connectivity index (χ1n) is 6.99. The number of hydrogen-bond acceptors (Lipinski definition) is 5. The summed E-state index contributed by atoms with van der Waals surface area (Å²) in [5.41, 5.74) is -1.15. The molecule has 0 spiro atoms. The van der Waals surface area contributed by atoms with E-state index in [0.717, 1.165) is 4.90 Å². The average molecular weight is 322 g/mol. The Hall–Kier alpha value is -2.68. The number of aromatic amines is 1. The molecule has 0 saturated carbocycles. The minimum Gasteiger partial charge on any atom is -0.385 e. The van der Waals surface area contributed by atoms with E-state index in [0.29, 0.717) is 0 Å². The Bertz CT molecular complexity index is 696. The van der Waals surface area contributed by atoms with Crippen LogP contribution in [0.4, 0.5) is 4.79 Å². The second kappa shape index (κ2) is 6.21. The molecule has 0 bridgehead atoms. The van der Waals surface area contributed by atoms with Crippen LogP contribution in [-0.4, -0.2) is 51.5 Å². The number of amides is 4. The first-order chi connectivity index (χ1) is 10.7. The Labute approximate surface area is 131 Å². The number of imide groups is 1. The number of hydrogen-bond donors (Lipinski definition) is 4. The van der Waals surface area contributed by atoms with Crippen LogP contribution in [0.1, 0.15) is 25.6 Å². The molecule has 2 heterocycles. The number of urea groups is 1. The van der Waals surface area contributed by atoms with Crippen molar-refractivity contribution in [3.8, 4) is 0 Å². The van der Waals surface area contributed by atoms with Crippen molar-refractivity contribution < 1.29 is 19.5 Å². The van der Waals surface area contributed by atoms with E-state index in [2.05, 4.69) is 15.6 Å². The summed E-state index contributed by atoms with van der Waals surface area (Å²) in [6.45, 7) is 2.49. The van der Waals surface area contributed by atoms with Crippen molar-refractivity contribution >= 4 is 17.8 Å². The van der Waals surface area contributed by atoms with Crippen molar-refractivity contribution in [2.24, 2.45) is 0 Å². The molecule has 0 radical (unpaired) electrons. The molecule has 9 heteroatoms. The molecular weight excluding hydrogens is 304 g/mol. The van der Waals surface area contributed by atoms with Crippen LogP contribution in [-0.2, 0) is 9.59 Å². The molecule has 1 aromatic heterocycles. The van der Waals surface area contributed by atoms with Gasteiger partial charge in [0.1, 0.15) is 18.2 Å². The van der Waals surface area contributed by atoms with E-state index in [1.165, 1.54) is 18.2 Å². The monoisotopic (exact) mass is 322 g/mol. The van der Waals surface area contributed by atoms with Crippen LogP contribution in [0.2, 0.25) is 0 Å². The van der Waals surface area contributed by atoms with Gasteiger partial charge in [-0.1, -0.05) is 6.07 Å². The summed E-state index contributed by atoms with van der Waals surface area (Å²) in [5, 5.41) is 14.8. The summed E-state index contributed by atoms with van der Waals surface area (Å²) < 4.78 is 0. The predicted octanol–water partition coefficient (Wildman–Crippen LogP) is -1.15. The Morgan fingerprint density at radius 1 is 1.35 bits per heavy atom. The van der Waals surface area contributed by atoms with E-state index >= 15 is 0 Å². The Morgan fingerprint density at radius 2 is 2.04 bits per heavy atom. The summed E-state index contributed by atoms with van der Waals surface area (Å²) in [6, 6.07) is 3.66. The number of aliphatic hydroxyl groups excluding tert-OH is 1. The third-order valence-electron chi connectivity index (χ3n) is 3.39. The van der Waals surface area contributed by atoms with Crippen LogP contribution in [0, 0.1) is 0 Å². The van der Waals surface area contributed by atoms with Crippen molar-refractivity contribution in [1.29, 1.82) is 0 Å². The number of pyridine rings is 1. The molecule has 1 aliphatic heterocycles. The first-order valence-corrected chi connectivity index (χ1v) is 6.99. The van der Waals surface area contributed by atoms with E-state index in [4.69, 9.17) is 0 Å². The molecule has 1 fully saturated rings. The number of H-pyrrole nitrogens is 1. The van der Waals surface area contributed by atoms with Crippen molar-refractivity contribution in [2.75, 3.05) is 13.1 Å². The molecular formula is C14H18N4O5. The standard InChI is InChI=1S/C14H18N4O5/c1-14(2)12(22)18(13(23)17-14)7-11(21)15-6-9(19)8-4-3-5-10(20)16-8/h3-5,9,19H,6-7H2,1-2H3,(H,15,21)(H,16,20)(H,17,23). The van der Waals surface area contributed by atoms with Gasteiger partial charge in [-0.05, 0) is 19.9 Å². The van der Waals surface area contributed by atoms with Gasteiger partial charge in [0.25, 0.3) is 5.91 Å². The molecule has 4 amide bonds. The quantitative estimate of drug-likeness (QED) is 0.509. The van der Waals surface area contributed by atoms with Crippen LogP contribution in [0.3, 0.4) is 0 Å². The molecule has 9 nitrogen and oxygen atoms in total. The van der Waals surface area contributed by atoms with Gasteiger partial charge in [0.2, 0.25) is 11.5 Å². The fourth-order valence-electron chi connectivity index (χ4n) is 2.14. The van der Waals surface area contributed by atoms with Gasteiger partial charge in [-0.15, -0.1) is 0 Å². The lowest BCUT2D eigenvalue weighted by Gasteiger charge is -2.16. The van der Waals surface area contributed by atoms with Crippen molar-refractivity contribution in [3.63, 3.8) is 0 Å². The van der Waals surface area contributed by atoms with Gasteiger partial charge >= 0.3 is 6.03 Å². The van der Waals surface area contributed by atoms with Crippen LogP contribution < -0.4 is 16.2 Å². The molecule has 23 heavy (non-hydrogen) atoms. The van der Waals surface area contributed by atoms with Gasteiger partial charge in [0, 0.05) is 18.3 Å². The van der Waals surface area contributed by atoms with Crippen molar-refractivity contribution in [1.82, 2.24) is 20.5 Å². The normalized spacial score (nSPS) is 17.8. The Balaban J connectivity index is 1.89. The number of nitrogens with zero attached hydrogens (tertiary/aromatic N) is 1. The number of rotatable bonds is 5. The van der Waals surface area contributed by atoms with Crippen molar-refractivity contribution in [2.45, 2.75) is 25.5 Å². The molecule has 1 saturated heterocycles. The zero-order valence-corrected chi connectivity index (χ0v) is 12.8. The van der Waals surface area contributed by atoms with Gasteiger partial charge in [-0.3, -0.25) is 19.3 Å². The molecule has 1 unspecified atom stereocenters. The summed E-state index contributed by atoms with van der Waals surface area (Å²) in [6.07, 6.45) is -1.10. The number of carbonyl (C=O) groups is 3. The summed E-state index contributed by atoms with van der Waals surface area (Å²) >= 11 is 0. The third-order valence-corrected chi connectivity index (χ3v) is 3.39. The maximum absolute atomic E-state index is 11.9. The number of nitrogens with one attached hydrogen (secondary N) is 3. The van der Waals surface area contributed by atoms with Crippen LogP contribution in [0.25, 0.3) is 0 Å². The lowest BCUT2D eigenvalue weighted by molar-refractivity contribution is -0.134. The molecule has 2 rings (SSSR count). The zero-order valence-electron chi connectivity index (χ0n) is 12.8. The number of aromatic nitrogens is 1. The topological polar surface area (TPSA) is 132 Å². The maximum atomic E-state index is 11.9. The lowest BCUT2D eigenvalue weighted by Crippen LogP contribution is -2.43. The summed E-state index contributed by atoms with van der Waals surface area (Å²) in [7, 11) is 0. The molecule has 1 aromatic rings. The lowest BCUT2D eigenvalue weighted by atomic mass is 10.1. The smallest absolute Gasteiger partial charge is 0.325 e. The highest BCUT2D eigenvalue weighted by molar-refractivity contribution is 6.08. The SMILES string of the molecule is CC1(C)NC(=O)N(CC(=O)NCC(O)c2cccc(=O)[nH]2)C1=O. The Morgan fingerprint density at radius 3 is 2.61 bits per heavy atom. The van der Waals surface area contributed by atoms with Gasteiger partial charge < -0.3 is 20.7 Å². The van der Waals surface area contributed by atoms with Crippen LogP contribution in [0.5, 0.6) is 0 Å². The number of carbonyl (C=O) groups excluding carboxylic acids is 3. The predicted molar refractivity (Wildman–Crippen MR) is 79.4 cm³/mol. The second-order valence-electron chi connectivity index (χ2n) is 5.74. The van der Waals surface area contributed by atoms with Crippen molar-refractivity contribution in [3.05, 3.63) is 34.2 Å². The highest BCUT2D eigenvalue weighted by atomic mass is 16.3. The van der Waals surface area contributed by atoms with E-state index in [1.54, 1.807) is 13.8 Å². The molecule has 4 N–H and O–H groups in total. The summed E-state index contributed by atoms with van der Waals surface area (Å²) in [5.74, 6) is -1.09. The highest BCUT2D eigenvalue weighted by Crippen LogP contribution is 2.16. The third kappa shape index (κ3) is 3.75. The fraction of sp³-hybridized carbons (Fsp3) is 0.429. The van der Waals surface area contributed by atoms with E-state index in [-0.39, 0.29) is 17.8 Å². The molecule has 0 aromatic carbocycles. The maximum Gasteiger partial charge on any atom is 0.325 e. The molecule has 0 aliphatic carbocycles. The van der Waals surface area contributed by atoms with E-state index < -0.39 is 36.0 Å². The second-order valence-corrected chi connectivity index (χ2v) is 5.74. The minimum atomic E-state index is -1.10. The van der Waals surface area contributed by atoms with Gasteiger partial charge in [0.15, 0.2) is 0 Å². The van der Waals surface area contributed by atoms with Crippen LogP contribution in [0.15, 0.2) is 23.0 Å². The average Bonchev–Trinajstić information content (AvgIpc) is 2.67.